The summed E-state index contributed by atoms with van der Waals surface area (Å²) in [6, 6.07) is 17.5. The molecule has 0 aliphatic carbocycles. The normalized spacial score (nSPS) is 17.2. The third kappa shape index (κ3) is 4.51. The highest BCUT2D eigenvalue weighted by atomic mass is 16.5. The fourth-order valence-corrected chi connectivity index (χ4v) is 2.89. The van der Waals surface area contributed by atoms with Gasteiger partial charge in [-0.15, -0.1) is 0 Å². The predicted octanol–water partition coefficient (Wildman–Crippen LogP) is 3.06. The third-order valence-electron chi connectivity index (χ3n) is 4.23. The van der Waals surface area contributed by atoms with Crippen LogP contribution in [-0.2, 0) is 9.53 Å². The van der Waals surface area contributed by atoms with Crippen LogP contribution in [0, 0.1) is 0 Å². The fraction of sp³-hybridized carbons (Fsp3) is 0.350. The largest absolute Gasteiger partial charge is 0.493 e. The SMILES string of the molecule is COc1ccccc1OCCC(=O)N1CCO[C@H](c2ccccc2)C1. The summed E-state index contributed by atoms with van der Waals surface area (Å²) >= 11 is 0. The molecule has 5 nitrogen and oxygen atoms in total. The minimum absolute atomic E-state index is 0.0611. The molecule has 2 aromatic carbocycles. The van der Waals surface area contributed by atoms with E-state index in [0.717, 1.165) is 5.56 Å². The second-order valence-electron chi connectivity index (χ2n) is 5.86. The standard InChI is InChI=1S/C20H23NO4/c1-23-17-9-5-6-10-18(17)24-13-11-20(22)21-12-14-25-19(15-21)16-7-3-2-4-8-16/h2-10,19H,11-15H2,1H3/t19-/m0/s1. The molecule has 1 fully saturated rings. The van der Waals surface area contributed by atoms with Crippen molar-refractivity contribution < 1.29 is 19.0 Å². The van der Waals surface area contributed by atoms with Crippen molar-refractivity contribution in [3.05, 3.63) is 60.2 Å². The van der Waals surface area contributed by atoms with Crippen LogP contribution in [0.15, 0.2) is 54.6 Å². The quantitative estimate of drug-likeness (QED) is 0.810. The molecule has 132 valence electrons. The molecule has 0 radical (unpaired) electrons. The molecule has 0 unspecified atom stereocenters. The molecular weight excluding hydrogens is 318 g/mol. The van der Waals surface area contributed by atoms with Crippen molar-refractivity contribution in [1.82, 2.24) is 4.90 Å². The van der Waals surface area contributed by atoms with Gasteiger partial charge in [-0.3, -0.25) is 4.79 Å². The van der Waals surface area contributed by atoms with Crippen molar-refractivity contribution in [2.75, 3.05) is 33.4 Å². The first-order chi connectivity index (χ1) is 12.3. The first-order valence-electron chi connectivity index (χ1n) is 8.48. The number of benzene rings is 2. The van der Waals surface area contributed by atoms with Crippen LogP contribution in [0.1, 0.15) is 18.1 Å². The van der Waals surface area contributed by atoms with E-state index >= 15 is 0 Å². The Labute approximate surface area is 148 Å². The monoisotopic (exact) mass is 341 g/mol. The van der Waals surface area contributed by atoms with Crippen molar-refractivity contribution in [2.24, 2.45) is 0 Å². The molecule has 5 heteroatoms. The molecular formula is C20H23NO4. The Hall–Kier alpha value is -2.53. The summed E-state index contributed by atoms with van der Waals surface area (Å²) in [4.78, 5) is 14.3. The number of carbonyl (C=O) groups excluding carboxylic acids is 1. The summed E-state index contributed by atoms with van der Waals surface area (Å²) in [6.07, 6.45) is 0.272. The van der Waals surface area contributed by atoms with Gasteiger partial charge in [0.2, 0.25) is 5.91 Å². The molecule has 2 aromatic rings. The van der Waals surface area contributed by atoms with Crippen LogP contribution >= 0.6 is 0 Å². The summed E-state index contributed by atoms with van der Waals surface area (Å²) in [6.45, 7) is 2.08. The molecule has 1 heterocycles. The lowest BCUT2D eigenvalue weighted by Crippen LogP contribution is -2.42. The van der Waals surface area contributed by atoms with Crippen LogP contribution < -0.4 is 9.47 Å². The highest BCUT2D eigenvalue weighted by molar-refractivity contribution is 5.76. The average molecular weight is 341 g/mol. The van der Waals surface area contributed by atoms with Gasteiger partial charge in [-0.05, 0) is 17.7 Å². The maximum Gasteiger partial charge on any atom is 0.226 e. The average Bonchev–Trinajstić information content (AvgIpc) is 2.69. The lowest BCUT2D eigenvalue weighted by molar-refractivity contribution is -0.139. The van der Waals surface area contributed by atoms with Gasteiger partial charge in [0.25, 0.3) is 0 Å². The van der Waals surface area contributed by atoms with E-state index in [0.29, 0.717) is 44.2 Å². The highest BCUT2D eigenvalue weighted by Crippen LogP contribution is 2.26. The zero-order valence-electron chi connectivity index (χ0n) is 14.4. The summed E-state index contributed by atoms with van der Waals surface area (Å²) in [7, 11) is 1.60. The highest BCUT2D eigenvalue weighted by Gasteiger charge is 2.25. The predicted molar refractivity (Wildman–Crippen MR) is 94.8 cm³/mol. The molecule has 0 bridgehead atoms. The zero-order valence-corrected chi connectivity index (χ0v) is 14.4. The van der Waals surface area contributed by atoms with E-state index in [-0.39, 0.29) is 12.0 Å². The summed E-state index contributed by atoms with van der Waals surface area (Å²) in [5.74, 6) is 1.41. The Morgan fingerprint density at radius 3 is 2.60 bits per heavy atom. The van der Waals surface area contributed by atoms with Crippen LogP contribution in [0.2, 0.25) is 0 Å². The van der Waals surface area contributed by atoms with E-state index in [4.69, 9.17) is 14.2 Å². The number of ether oxygens (including phenoxy) is 3. The smallest absolute Gasteiger partial charge is 0.226 e. The maximum absolute atomic E-state index is 12.5. The van der Waals surface area contributed by atoms with Gasteiger partial charge in [0.15, 0.2) is 11.5 Å². The maximum atomic E-state index is 12.5. The fourth-order valence-electron chi connectivity index (χ4n) is 2.89. The van der Waals surface area contributed by atoms with Gasteiger partial charge in [-0.1, -0.05) is 42.5 Å². The molecule has 3 rings (SSSR count). The van der Waals surface area contributed by atoms with E-state index in [1.807, 2.05) is 59.5 Å². The van der Waals surface area contributed by atoms with Crippen LogP contribution in [-0.4, -0.2) is 44.2 Å². The number of hydrogen-bond acceptors (Lipinski definition) is 4. The Bertz CT molecular complexity index is 689. The molecule has 1 saturated heterocycles. The second-order valence-corrected chi connectivity index (χ2v) is 5.86. The minimum atomic E-state index is -0.0611. The number of amides is 1. The minimum Gasteiger partial charge on any atom is -0.493 e. The van der Waals surface area contributed by atoms with Gasteiger partial charge in [-0.2, -0.15) is 0 Å². The molecule has 0 spiro atoms. The van der Waals surface area contributed by atoms with Crippen molar-refractivity contribution in [2.45, 2.75) is 12.5 Å². The molecule has 1 aliphatic rings. The Kier molecular flexibility index (Phi) is 5.90. The Morgan fingerprint density at radius 1 is 1.12 bits per heavy atom. The van der Waals surface area contributed by atoms with Crippen molar-refractivity contribution in [3.63, 3.8) is 0 Å². The Morgan fingerprint density at radius 2 is 1.84 bits per heavy atom. The summed E-state index contributed by atoms with van der Waals surface area (Å²) in [5.41, 5.74) is 1.10. The van der Waals surface area contributed by atoms with Crippen LogP contribution in [0.4, 0.5) is 0 Å². The number of nitrogens with zero attached hydrogens (tertiary/aromatic N) is 1. The first-order valence-corrected chi connectivity index (χ1v) is 8.48. The molecule has 0 aromatic heterocycles. The first kappa shape index (κ1) is 17.3. The molecule has 0 saturated carbocycles. The zero-order chi connectivity index (χ0) is 17.5. The van der Waals surface area contributed by atoms with Gasteiger partial charge < -0.3 is 19.1 Å². The molecule has 1 atom stereocenters. The van der Waals surface area contributed by atoms with Crippen LogP contribution in [0.5, 0.6) is 11.5 Å². The number of hydrogen-bond donors (Lipinski definition) is 0. The topological polar surface area (TPSA) is 48.0 Å². The van der Waals surface area contributed by atoms with Crippen LogP contribution in [0.3, 0.4) is 0 Å². The van der Waals surface area contributed by atoms with E-state index in [9.17, 15) is 4.79 Å². The Balaban J connectivity index is 1.51. The van der Waals surface area contributed by atoms with E-state index < -0.39 is 0 Å². The second kappa shape index (κ2) is 8.53. The lowest BCUT2D eigenvalue weighted by Gasteiger charge is -2.33. The van der Waals surface area contributed by atoms with E-state index in [1.165, 1.54) is 0 Å². The van der Waals surface area contributed by atoms with Crippen molar-refractivity contribution >= 4 is 5.91 Å². The van der Waals surface area contributed by atoms with Gasteiger partial charge >= 0.3 is 0 Å². The molecule has 1 amide bonds. The van der Waals surface area contributed by atoms with Gasteiger partial charge in [0, 0.05) is 6.54 Å². The molecule has 25 heavy (non-hydrogen) atoms. The summed E-state index contributed by atoms with van der Waals surface area (Å²) < 4.78 is 16.7. The van der Waals surface area contributed by atoms with Crippen molar-refractivity contribution in [1.29, 1.82) is 0 Å². The number of rotatable bonds is 6. The molecule has 1 aliphatic heterocycles. The number of morpholine rings is 1. The van der Waals surface area contributed by atoms with E-state index in [1.54, 1.807) is 7.11 Å². The number of carbonyl (C=O) groups is 1. The van der Waals surface area contributed by atoms with Crippen LogP contribution in [0.25, 0.3) is 0 Å². The molecule has 0 N–H and O–H groups in total. The third-order valence-corrected chi connectivity index (χ3v) is 4.23. The van der Waals surface area contributed by atoms with Crippen molar-refractivity contribution in [3.8, 4) is 11.5 Å². The van der Waals surface area contributed by atoms with Gasteiger partial charge in [0.1, 0.15) is 6.10 Å². The number of methoxy groups -OCH3 is 1. The summed E-state index contributed by atoms with van der Waals surface area (Å²) in [5, 5.41) is 0. The van der Waals surface area contributed by atoms with Gasteiger partial charge in [0.05, 0.1) is 33.3 Å². The van der Waals surface area contributed by atoms with E-state index in [2.05, 4.69) is 0 Å². The lowest BCUT2D eigenvalue weighted by atomic mass is 10.1. The number of para-hydroxylation sites is 2. The van der Waals surface area contributed by atoms with Gasteiger partial charge in [-0.25, -0.2) is 0 Å².